The van der Waals surface area contributed by atoms with Crippen LogP contribution in [0.1, 0.15) is 22.8 Å². The van der Waals surface area contributed by atoms with Crippen LogP contribution in [0.5, 0.6) is 0 Å². The summed E-state index contributed by atoms with van der Waals surface area (Å²) in [5, 5.41) is 2.96. The number of amides is 1. The molecular weight excluding hydrogens is 306 g/mol. The minimum atomic E-state index is -0.112. The molecule has 2 aromatic rings. The molecule has 0 fully saturated rings. The van der Waals surface area contributed by atoms with Crippen LogP contribution in [0.15, 0.2) is 54.6 Å². The molecule has 0 aliphatic heterocycles. The van der Waals surface area contributed by atoms with E-state index in [2.05, 4.69) is 30.4 Å². The molecule has 0 heterocycles. The molecule has 0 aromatic heterocycles. The van der Waals surface area contributed by atoms with Gasteiger partial charge in [-0.3, -0.25) is 4.79 Å². The molecule has 3 nitrogen and oxygen atoms in total. The number of ether oxygens (including phenoxy) is 1. The Labute approximate surface area is 142 Å². The largest absolute Gasteiger partial charge is 0.375 e. The number of aryl methyl sites for hydroxylation is 1. The van der Waals surface area contributed by atoms with Crippen LogP contribution in [0.3, 0.4) is 0 Å². The molecule has 0 aliphatic rings. The van der Waals surface area contributed by atoms with Crippen molar-refractivity contribution in [2.45, 2.75) is 18.8 Å². The first-order chi connectivity index (χ1) is 11.2. The van der Waals surface area contributed by atoms with Gasteiger partial charge in [0.05, 0.1) is 11.9 Å². The Hall–Kier alpha value is -1.78. The Balaban J connectivity index is 1.75. The highest BCUT2D eigenvalue weighted by molar-refractivity contribution is 7.99. The number of carbonyl (C=O) groups is 1. The fraction of sp³-hybridized carbons (Fsp3) is 0.316. The smallest absolute Gasteiger partial charge is 0.230 e. The van der Waals surface area contributed by atoms with Crippen LogP contribution in [0.25, 0.3) is 0 Å². The lowest BCUT2D eigenvalue weighted by Gasteiger charge is -2.18. The van der Waals surface area contributed by atoms with Gasteiger partial charge in [0.15, 0.2) is 0 Å². The maximum atomic E-state index is 12.0. The lowest BCUT2D eigenvalue weighted by atomic mass is 10.0. The predicted molar refractivity (Wildman–Crippen MR) is 96.5 cm³/mol. The van der Waals surface area contributed by atoms with Gasteiger partial charge >= 0.3 is 0 Å². The van der Waals surface area contributed by atoms with E-state index in [0.29, 0.717) is 12.3 Å². The molecule has 1 amide bonds. The SMILES string of the molecule is CO[C@@H](CNC(=O)CSCc1ccccc1)c1ccccc1C. The summed E-state index contributed by atoms with van der Waals surface area (Å²) in [5.41, 5.74) is 3.53. The molecule has 0 saturated heterocycles. The van der Waals surface area contributed by atoms with E-state index in [1.807, 2.05) is 36.4 Å². The Morgan fingerprint density at radius 3 is 2.52 bits per heavy atom. The number of benzene rings is 2. The van der Waals surface area contributed by atoms with Gasteiger partial charge in [-0.15, -0.1) is 11.8 Å². The third-order valence-corrected chi connectivity index (χ3v) is 4.65. The first-order valence-electron chi connectivity index (χ1n) is 7.67. The maximum absolute atomic E-state index is 12.0. The van der Waals surface area contributed by atoms with Gasteiger partial charge in [-0.05, 0) is 23.6 Å². The maximum Gasteiger partial charge on any atom is 0.230 e. The minimum Gasteiger partial charge on any atom is -0.375 e. The van der Waals surface area contributed by atoms with Crippen molar-refractivity contribution in [2.75, 3.05) is 19.4 Å². The molecule has 23 heavy (non-hydrogen) atoms. The zero-order valence-corrected chi connectivity index (χ0v) is 14.4. The third-order valence-electron chi connectivity index (χ3n) is 3.65. The molecule has 1 atom stereocenters. The Morgan fingerprint density at radius 2 is 1.83 bits per heavy atom. The van der Waals surface area contributed by atoms with Crippen molar-refractivity contribution in [3.63, 3.8) is 0 Å². The van der Waals surface area contributed by atoms with E-state index in [0.717, 1.165) is 11.3 Å². The van der Waals surface area contributed by atoms with E-state index in [1.165, 1.54) is 11.1 Å². The van der Waals surface area contributed by atoms with Crippen LogP contribution in [-0.4, -0.2) is 25.3 Å². The summed E-state index contributed by atoms with van der Waals surface area (Å²) in [6, 6.07) is 18.3. The van der Waals surface area contributed by atoms with Gasteiger partial charge in [0.25, 0.3) is 0 Å². The van der Waals surface area contributed by atoms with E-state index in [-0.39, 0.29) is 12.0 Å². The quantitative estimate of drug-likeness (QED) is 0.802. The van der Waals surface area contributed by atoms with Crippen molar-refractivity contribution >= 4 is 17.7 Å². The predicted octanol–water partition coefficient (Wildman–Crippen LogP) is 3.73. The number of nitrogens with one attached hydrogen (secondary N) is 1. The first kappa shape index (κ1) is 17.6. The van der Waals surface area contributed by atoms with Gasteiger partial charge in [-0.25, -0.2) is 0 Å². The van der Waals surface area contributed by atoms with E-state index in [9.17, 15) is 4.79 Å². The summed E-state index contributed by atoms with van der Waals surface area (Å²) in [6.07, 6.45) is -0.112. The molecule has 0 unspecified atom stereocenters. The first-order valence-corrected chi connectivity index (χ1v) is 8.83. The second-order valence-corrected chi connectivity index (χ2v) is 6.35. The Kier molecular flexibility index (Phi) is 7.17. The number of carbonyl (C=O) groups excluding carboxylic acids is 1. The molecule has 0 saturated carbocycles. The highest BCUT2D eigenvalue weighted by atomic mass is 32.2. The van der Waals surface area contributed by atoms with Gasteiger partial charge < -0.3 is 10.1 Å². The Bertz CT molecular complexity index is 616. The Morgan fingerprint density at radius 1 is 1.13 bits per heavy atom. The molecule has 2 rings (SSSR count). The van der Waals surface area contributed by atoms with E-state index < -0.39 is 0 Å². The minimum absolute atomic E-state index is 0.0431. The standard InChI is InChI=1S/C19H23NO2S/c1-15-8-6-7-11-17(15)18(22-2)12-20-19(21)14-23-13-16-9-4-3-5-10-16/h3-11,18H,12-14H2,1-2H3,(H,20,21)/t18-/m0/s1. The summed E-state index contributed by atoms with van der Waals surface area (Å²) in [4.78, 5) is 12.0. The monoisotopic (exact) mass is 329 g/mol. The third kappa shape index (κ3) is 5.73. The number of hydrogen-bond donors (Lipinski definition) is 1. The number of thioether (sulfide) groups is 1. The summed E-state index contributed by atoms with van der Waals surface area (Å²) >= 11 is 1.62. The van der Waals surface area contributed by atoms with Crippen LogP contribution < -0.4 is 5.32 Å². The molecule has 4 heteroatoms. The topological polar surface area (TPSA) is 38.3 Å². The summed E-state index contributed by atoms with van der Waals surface area (Å²) in [6.45, 7) is 2.55. The van der Waals surface area contributed by atoms with Crippen LogP contribution in [0, 0.1) is 6.92 Å². The van der Waals surface area contributed by atoms with Crippen molar-refractivity contribution in [3.05, 3.63) is 71.3 Å². The summed E-state index contributed by atoms with van der Waals surface area (Å²) < 4.78 is 5.52. The highest BCUT2D eigenvalue weighted by Gasteiger charge is 2.13. The second-order valence-electron chi connectivity index (χ2n) is 5.36. The summed E-state index contributed by atoms with van der Waals surface area (Å²) in [7, 11) is 1.67. The van der Waals surface area contributed by atoms with Crippen LogP contribution in [0.4, 0.5) is 0 Å². The molecular formula is C19H23NO2S. The average molecular weight is 329 g/mol. The van der Waals surface area contributed by atoms with Crippen LogP contribution in [-0.2, 0) is 15.3 Å². The van der Waals surface area contributed by atoms with Gasteiger partial charge in [0.1, 0.15) is 0 Å². The second kappa shape index (κ2) is 9.38. The zero-order valence-electron chi connectivity index (χ0n) is 13.6. The molecule has 0 aliphatic carbocycles. The van der Waals surface area contributed by atoms with Gasteiger partial charge in [0, 0.05) is 19.4 Å². The molecule has 0 bridgehead atoms. The molecule has 2 aromatic carbocycles. The molecule has 0 spiro atoms. The van der Waals surface area contributed by atoms with Crippen molar-refractivity contribution in [1.29, 1.82) is 0 Å². The average Bonchev–Trinajstić information content (AvgIpc) is 2.58. The van der Waals surface area contributed by atoms with Crippen molar-refractivity contribution in [3.8, 4) is 0 Å². The lowest BCUT2D eigenvalue weighted by Crippen LogP contribution is -2.30. The van der Waals surface area contributed by atoms with Gasteiger partial charge in [-0.2, -0.15) is 0 Å². The number of methoxy groups -OCH3 is 1. The molecule has 122 valence electrons. The van der Waals surface area contributed by atoms with Crippen molar-refractivity contribution in [2.24, 2.45) is 0 Å². The van der Waals surface area contributed by atoms with E-state index in [4.69, 9.17) is 4.74 Å². The number of hydrogen-bond acceptors (Lipinski definition) is 3. The van der Waals surface area contributed by atoms with Crippen molar-refractivity contribution in [1.82, 2.24) is 5.32 Å². The lowest BCUT2D eigenvalue weighted by molar-refractivity contribution is -0.119. The van der Waals surface area contributed by atoms with E-state index in [1.54, 1.807) is 18.9 Å². The van der Waals surface area contributed by atoms with Crippen LogP contribution in [0.2, 0.25) is 0 Å². The van der Waals surface area contributed by atoms with Gasteiger partial charge in [0.2, 0.25) is 5.91 Å². The summed E-state index contributed by atoms with van der Waals surface area (Å²) in [5.74, 6) is 1.35. The fourth-order valence-electron chi connectivity index (χ4n) is 2.36. The zero-order chi connectivity index (χ0) is 16.5. The van der Waals surface area contributed by atoms with Crippen molar-refractivity contribution < 1.29 is 9.53 Å². The highest BCUT2D eigenvalue weighted by Crippen LogP contribution is 2.19. The number of rotatable bonds is 8. The molecule has 0 radical (unpaired) electrons. The fourth-order valence-corrected chi connectivity index (χ4v) is 3.18. The normalized spacial score (nSPS) is 11.9. The van der Waals surface area contributed by atoms with Crippen LogP contribution >= 0.6 is 11.8 Å². The van der Waals surface area contributed by atoms with E-state index >= 15 is 0 Å². The van der Waals surface area contributed by atoms with Gasteiger partial charge in [-0.1, -0.05) is 54.6 Å². The molecule has 1 N–H and O–H groups in total.